The minimum Gasteiger partial charge on any atom is -0.293 e. The van der Waals surface area contributed by atoms with Gasteiger partial charge in [-0.3, -0.25) is 4.79 Å². The summed E-state index contributed by atoms with van der Waals surface area (Å²) in [6, 6.07) is 8.16. The predicted molar refractivity (Wildman–Crippen MR) is 89.4 cm³/mol. The first-order valence-electron chi connectivity index (χ1n) is 7.06. The summed E-state index contributed by atoms with van der Waals surface area (Å²) in [4.78, 5) is 16.9. The first-order valence-corrected chi connectivity index (χ1v) is 8.04. The van der Waals surface area contributed by atoms with Gasteiger partial charge in [0.1, 0.15) is 0 Å². The normalized spacial score (nSPS) is 10.7. The summed E-state index contributed by atoms with van der Waals surface area (Å²) in [5.74, 6) is 0.598. The Hall–Kier alpha value is -1.61. The molecule has 21 heavy (non-hydrogen) atoms. The van der Waals surface area contributed by atoms with Gasteiger partial charge in [-0.1, -0.05) is 17.8 Å². The molecule has 110 valence electrons. The van der Waals surface area contributed by atoms with E-state index in [2.05, 4.69) is 18.0 Å². The molecule has 0 aliphatic rings. The van der Waals surface area contributed by atoms with Gasteiger partial charge in [-0.05, 0) is 75.1 Å². The number of rotatable bonds is 4. The minimum atomic E-state index is 0.168. The van der Waals surface area contributed by atoms with Crippen LogP contribution in [0.1, 0.15) is 38.3 Å². The van der Waals surface area contributed by atoms with Crippen LogP contribution in [0.2, 0.25) is 0 Å². The predicted octanol–water partition coefficient (Wildman–Crippen LogP) is 4.60. The lowest BCUT2D eigenvalue weighted by atomic mass is 9.99. The molecule has 0 amide bonds. The van der Waals surface area contributed by atoms with Crippen molar-refractivity contribution in [2.24, 2.45) is 0 Å². The first-order chi connectivity index (χ1) is 9.86. The summed E-state index contributed by atoms with van der Waals surface area (Å²) in [5.41, 5.74) is 6.45. The standard InChI is InChI=1S/C18H21NOS/c1-11-6-15(5)19-18(7-11)21-10-17(20)16-9-13(3)12(2)8-14(16)4/h6-9H,10H2,1-5H3. The second-order valence-electron chi connectivity index (χ2n) is 5.59. The molecule has 2 rings (SSSR count). The van der Waals surface area contributed by atoms with Gasteiger partial charge >= 0.3 is 0 Å². The molecule has 1 aromatic carbocycles. The van der Waals surface area contributed by atoms with Crippen molar-refractivity contribution in [2.45, 2.75) is 39.6 Å². The fourth-order valence-electron chi connectivity index (χ4n) is 2.36. The molecule has 0 saturated heterocycles. The topological polar surface area (TPSA) is 30.0 Å². The zero-order valence-corrected chi connectivity index (χ0v) is 14.1. The average Bonchev–Trinajstić information content (AvgIpc) is 2.39. The molecule has 0 atom stereocenters. The minimum absolute atomic E-state index is 0.168. The van der Waals surface area contributed by atoms with Crippen LogP contribution in [-0.2, 0) is 0 Å². The molecule has 1 aromatic heterocycles. The van der Waals surface area contributed by atoms with Crippen LogP contribution in [0.15, 0.2) is 29.3 Å². The molecule has 0 N–H and O–H groups in total. The van der Waals surface area contributed by atoms with E-state index >= 15 is 0 Å². The van der Waals surface area contributed by atoms with E-state index in [1.807, 2.05) is 45.9 Å². The molecule has 0 fully saturated rings. The number of Topliss-reactive ketones (excluding diaryl/α,β-unsaturated/α-hetero) is 1. The molecule has 0 saturated carbocycles. The van der Waals surface area contributed by atoms with Crippen molar-refractivity contribution in [2.75, 3.05) is 5.75 Å². The van der Waals surface area contributed by atoms with Crippen LogP contribution in [0.3, 0.4) is 0 Å². The zero-order valence-electron chi connectivity index (χ0n) is 13.3. The Kier molecular flexibility index (Phi) is 4.84. The quantitative estimate of drug-likeness (QED) is 0.610. The molecule has 0 aliphatic heterocycles. The summed E-state index contributed by atoms with van der Waals surface area (Å²) in [6.07, 6.45) is 0. The number of hydrogen-bond acceptors (Lipinski definition) is 3. The van der Waals surface area contributed by atoms with Gasteiger partial charge in [0, 0.05) is 11.3 Å². The van der Waals surface area contributed by atoms with Gasteiger partial charge in [0.15, 0.2) is 5.78 Å². The molecule has 2 aromatic rings. The van der Waals surface area contributed by atoms with Gasteiger partial charge in [-0.15, -0.1) is 0 Å². The van der Waals surface area contributed by atoms with Crippen molar-refractivity contribution in [3.63, 3.8) is 0 Å². The third-order valence-corrected chi connectivity index (χ3v) is 4.48. The second-order valence-corrected chi connectivity index (χ2v) is 6.58. The van der Waals surface area contributed by atoms with Crippen molar-refractivity contribution in [1.82, 2.24) is 4.98 Å². The van der Waals surface area contributed by atoms with Gasteiger partial charge in [-0.25, -0.2) is 4.98 Å². The number of carbonyl (C=O) groups excluding carboxylic acids is 1. The number of hydrogen-bond donors (Lipinski definition) is 0. The van der Waals surface area contributed by atoms with E-state index in [4.69, 9.17) is 0 Å². The summed E-state index contributed by atoms with van der Waals surface area (Å²) in [6.45, 7) is 10.1. The Bertz CT molecular complexity index is 672. The number of pyridine rings is 1. The number of nitrogens with zero attached hydrogens (tertiary/aromatic N) is 1. The second kappa shape index (κ2) is 6.44. The molecule has 2 nitrogen and oxygen atoms in total. The lowest BCUT2D eigenvalue weighted by molar-refractivity contribution is 0.102. The van der Waals surface area contributed by atoms with Crippen LogP contribution in [0.4, 0.5) is 0 Å². The maximum absolute atomic E-state index is 12.4. The molecule has 0 aliphatic carbocycles. The van der Waals surface area contributed by atoms with E-state index in [0.29, 0.717) is 5.75 Å². The highest BCUT2D eigenvalue weighted by Crippen LogP contribution is 2.21. The molecule has 0 bridgehead atoms. The van der Waals surface area contributed by atoms with E-state index in [-0.39, 0.29) is 5.78 Å². The molecule has 0 radical (unpaired) electrons. The van der Waals surface area contributed by atoms with Crippen molar-refractivity contribution < 1.29 is 4.79 Å². The zero-order chi connectivity index (χ0) is 15.6. The molecular weight excluding hydrogens is 278 g/mol. The highest BCUT2D eigenvalue weighted by atomic mass is 32.2. The maximum Gasteiger partial charge on any atom is 0.173 e. The number of benzene rings is 1. The molecule has 0 unspecified atom stereocenters. The van der Waals surface area contributed by atoms with Crippen molar-refractivity contribution in [3.05, 3.63) is 57.8 Å². The van der Waals surface area contributed by atoms with Gasteiger partial charge in [0.2, 0.25) is 0 Å². The SMILES string of the molecule is Cc1cc(C)nc(SCC(=O)c2cc(C)c(C)cc2C)c1. The van der Waals surface area contributed by atoms with Crippen LogP contribution in [0.25, 0.3) is 0 Å². The number of aryl methyl sites for hydroxylation is 5. The van der Waals surface area contributed by atoms with E-state index in [9.17, 15) is 4.79 Å². The third kappa shape index (κ3) is 3.94. The van der Waals surface area contributed by atoms with E-state index in [1.54, 1.807) is 0 Å². The van der Waals surface area contributed by atoms with Crippen LogP contribution in [-0.4, -0.2) is 16.5 Å². The summed E-state index contributed by atoms with van der Waals surface area (Å²) < 4.78 is 0. The van der Waals surface area contributed by atoms with Gasteiger partial charge in [-0.2, -0.15) is 0 Å². The van der Waals surface area contributed by atoms with Gasteiger partial charge in [0.25, 0.3) is 0 Å². The fourth-order valence-corrected chi connectivity index (χ4v) is 3.27. The highest BCUT2D eigenvalue weighted by molar-refractivity contribution is 7.99. The van der Waals surface area contributed by atoms with Gasteiger partial charge < -0.3 is 0 Å². The number of ketones is 1. The Balaban J connectivity index is 2.13. The van der Waals surface area contributed by atoms with E-state index in [1.165, 1.54) is 28.5 Å². The van der Waals surface area contributed by atoms with E-state index < -0.39 is 0 Å². The third-order valence-electron chi connectivity index (χ3n) is 3.57. The molecule has 3 heteroatoms. The Morgan fingerprint density at radius 2 is 1.62 bits per heavy atom. The highest BCUT2D eigenvalue weighted by Gasteiger charge is 2.12. The summed E-state index contributed by atoms with van der Waals surface area (Å²) in [7, 11) is 0. The number of thioether (sulfide) groups is 1. The fraction of sp³-hybridized carbons (Fsp3) is 0.333. The number of carbonyl (C=O) groups is 1. The van der Waals surface area contributed by atoms with E-state index in [0.717, 1.165) is 21.8 Å². The lowest BCUT2D eigenvalue weighted by Gasteiger charge is -2.09. The molecular formula is C18H21NOS. The lowest BCUT2D eigenvalue weighted by Crippen LogP contribution is -2.06. The largest absolute Gasteiger partial charge is 0.293 e. The van der Waals surface area contributed by atoms with Crippen molar-refractivity contribution in [3.8, 4) is 0 Å². The summed E-state index contributed by atoms with van der Waals surface area (Å²) >= 11 is 1.51. The average molecular weight is 299 g/mol. The molecule has 1 heterocycles. The van der Waals surface area contributed by atoms with Crippen LogP contribution in [0, 0.1) is 34.6 Å². The Morgan fingerprint density at radius 1 is 0.952 bits per heavy atom. The summed E-state index contributed by atoms with van der Waals surface area (Å²) in [5, 5.41) is 0.919. The van der Waals surface area contributed by atoms with Crippen molar-refractivity contribution >= 4 is 17.5 Å². The van der Waals surface area contributed by atoms with Crippen molar-refractivity contribution in [1.29, 1.82) is 0 Å². The van der Waals surface area contributed by atoms with Crippen LogP contribution < -0.4 is 0 Å². The van der Waals surface area contributed by atoms with Gasteiger partial charge in [0.05, 0.1) is 10.8 Å². The smallest absolute Gasteiger partial charge is 0.173 e. The monoisotopic (exact) mass is 299 g/mol. The van der Waals surface area contributed by atoms with Crippen LogP contribution >= 0.6 is 11.8 Å². The Morgan fingerprint density at radius 3 is 2.29 bits per heavy atom. The Labute approximate surface area is 131 Å². The number of aromatic nitrogens is 1. The van der Waals surface area contributed by atoms with Crippen LogP contribution in [0.5, 0.6) is 0 Å². The first kappa shape index (κ1) is 15.8. The molecule has 0 spiro atoms. The maximum atomic E-state index is 12.4.